The van der Waals surface area contributed by atoms with Crippen molar-refractivity contribution >= 4 is 28.2 Å². The van der Waals surface area contributed by atoms with Gasteiger partial charge in [0.25, 0.3) is 0 Å². The Labute approximate surface area is 160 Å². The summed E-state index contributed by atoms with van der Waals surface area (Å²) in [7, 11) is 0. The van der Waals surface area contributed by atoms with Crippen molar-refractivity contribution in [3.63, 3.8) is 0 Å². The largest absolute Gasteiger partial charge is 0.504 e. The van der Waals surface area contributed by atoms with Gasteiger partial charge in [-0.1, -0.05) is 0 Å². The molecule has 0 radical (unpaired) electrons. The van der Waals surface area contributed by atoms with Gasteiger partial charge in [-0.15, -0.1) is 11.3 Å². The summed E-state index contributed by atoms with van der Waals surface area (Å²) in [6, 6.07) is 10.1. The minimum atomic E-state index is 0.185. The molecule has 0 spiro atoms. The van der Waals surface area contributed by atoms with Gasteiger partial charge in [0.2, 0.25) is 0 Å². The molecule has 1 aromatic carbocycles. The zero-order chi connectivity index (χ0) is 18.4. The van der Waals surface area contributed by atoms with Crippen molar-refractivity contribution in [2.24, 2.45) is 0 Å². The van der Waals surface area contributed by atoms with Crippen LogP contribution in [0.4, 0.5) is 5.82 Å². The molecule has 0 atom stereocenters. The Kier molecular flexibility index (Phi) is 3.75. The van der Waals surface area contributed by atoms with Crippen LogP contribution in [0.5, 0.6) is 11.5 Å². The molecular formula is C20H18N4O2S. The molecule has 1 aliphatic rings. The molecule has 7 heteroatoms. The number of aromatic hydroxyl groups is 1. The number of ether oxygens (including phenoxy) is 1. The van der Waals surface area contributed by atoms with E-state index in [1.807, 2.05) is 12.3 Å². The van der Waals surface area contributed by atoms with E-state index in [2.05, 4.69) is 45.0 Å². The van der Waals surface area contributed by atoms with Gasteiger partial charge < -0.3 is 19.7 Å². The number of nitrogens with one attached hydrogen (secondary N) is 1. The average molecular weight is 378 g/mol. The van der Waals surface area contributed by atoms with Crippen LogP contribution in [0.2, 0.25) is 0 Å². The zero-order valence-corrected chi connectivity index (χ0v) is 15.6. The van der Waals surface area contributed by atoms with Crippen LogP contribution >= 0.6 is 11.3 Å². The lowest BCUT2D eigenvalue weighted by Gasteiger charge is -2.21. The van der Waals surface area contributed by atoms with Crippen LogP contribution in [-0.2, 0) is 6.54 Å². The summed E-state index contributed by atoms with van der Waals surface area (Å²) in [6.07, 6.45) is 3.44. The number of rotatable bonds is 2. The van der Waals surface area contributed by atoms with Gasteiger partial charge in [0.15, 0.2) is 11.5 Å². The highest BCUT2D eigenvalue weighted by atomic mass is 32.1. The number of phenolic OH excluding ortho intramolecular Hbond substituents is 1. The van der Waals surface area contributed by atoms with Crippen molar-refractivity contribution < 1.29 is 9.84 Å². The summed E-state index contributed by atoms with van der Waals surface area (Å²) in [4.78, 5) is 16.5. The molecule has 0 unspecified atom stereocenters. The number of thiophene rings is 1. The molecule has 27 heavy (non-hydrogen) atoms. The van der Waals surface area contributed by atoms with Crippen LogP contribution < -0.4 is 9.64 Å². The van der Waals surface area contributed by atoms with Crippen molar-refractivity contribution in [2.75, 3.05) is 18.1 Å². The van der Waals surface area contributed by atoms with E-state index in [4.69, 9.17) is 4.74 Å². The first-order valence-corrected chi connectivity index (χ1v) is 9.59. The highest BCUT2D eigenvalue weighted by molar-refractivity contribution is 7.15. The molecule has 0 saturated carbocycles. The van der Waals surface area contributed by atoms with E-state index in [-0.39, 0.29) is 5.75 Å². The van der Waals surface area contributed by atoms with Crippen LogP contribution in [0.3, 0.4) is 0 Å². The third kappa shape index (κ3) is 2.80. The zero-order valence-electron chi connectivity index (χ0n) is 14.8. The van der Waals surface area contributed by atoms with E-state index in [0.717, 1.165) is 32.9 Å². The molecule has 4 aromatic rings. The quantitative estimate of drug-likeness (QED) is 0.549. The number of hydrogen-bond acceptors (Lipinski definition) is 6. The van der Waals surface area contributed by atoms with E-state index in [9.17, 15) is 5.11 Å². The summed E-state index contributed by atoms with van der Waals surface area (Å²) in [5, 5.41) is 11.5. The molecule has 0 aliphatic carbocycles. The van der Waals surface area contributed by atoms with Crippen molar-refractivity contribution in [2.45, 2.75) is 13.5 Å². The van der Waals surface area contributed by atoms with Crippen molar-refractivity contribution in [1.29, 1.82) is 0 Å². The van der Waals surface area contributed by atoms with Crippen LogP contribution in [0, 0.1) is 6.92 Å². The van der Waals surface area contributed by atoms with Gasteiger partial charge in [-0.3, -0.25) is 0 Å². The molecule has 4 heterocycles. The maximum absolute atomic E-state index is 10.6. The van der Waals surface area contributed by atoms with Crippen molar-refractivity contribution in [1.82, 2.24) is 15.0 Å². The van der Waals surface area contributed by atoms with E-state index in [1.165, 1.54) is 4.88 Å². The first kappa shape index (κ1) is 16.1. The monoisotopic (exact) mass is 378 g/mol. The number of nitrogens with zero attached hydrogens (tertiary/aromatic N) is 3. The van der Waals surface area contributed by atoms with Crippen LogP contribution in [0.1, 0.15) is 10.4 Å². The molecule has 136 valence electrons. The molecular weight excluding hydrogens is 360 g/mol. The molecule has 2 N–H and O–H groups in total. The van der Waals surface area contributed by atoms with E-state index >= 15 is 0 Å². The van der Waals surface area contributed by atoms with Gasteiger partial charge in [-0.05, 0) is 42.8 Å². The lowest BCUT2D eigenvalue weighted by molar-refractivity contribution is 0.312. The second kappa shape index (κ2) is 6.28. The van der Waals surface area contributed by atoms with Gasteiger partial charge in [-0.2, -0.15) is 0 Å². The standard InChI is InChI=1S/C20H18N4O2S/c1-12-2-3-17(27-12)13-8-14-10-24(6-7-26-18(14)16(25)9-13)20-15-4-5-21-19(15)22-11-23-20/h2-5,8-9,11,25H,6-7,10H2,1H3,(H,21,22,23). The fraction of sp³-hybridized carbons (Fsp3) is 0.200. The number of benzene rings is 1. The summed E-state index contributed by atoms with van der Waals surface area (Å²) in [5.41, 5.74) is 2.77. The third-order valence-corrected chi connectivity index (χ3v) is 5.82. The summed E-state index contributed by atoms with van der Waals surface area (Å²) in [5.74, 6) is 1.62. The Morgan fingerprint density at radius 1 is 1.22 bits per heavy atom. The first-order chi connectivity index (χ1) is 13.2. The molecule has 5 rings (SSSR count). The molecule has 0 bridgehead atoms. The number of aryl methyl sites for hydroxylation is 1. The molecule has 0 fully saturated rings. The smallest absolute Gasteiger partial charge is 0.166 e. The maximum Gasteiger partial charge on any atom is 0.166 e. The third-order valence-electron chi connectivity index (χ3n) is 4.77. The average Bonchev–Trinajstić information content (AvgIpc) is 3.25. The number of aromatic amines is 1. The number of phenols is 1. The van der Waals surface area contributed by atoms with Gasteiger partial charge in [0.1, 0.15) is 24.4 Å². The van der Waals surface area contributed by atoms with Gasteiger partial charge in [0, 0.05) is 28.1 Å². The lowest BCUT2D eigenvalue weighted by atomic mass is 10.1. The molecule has 1 aliphatic heterocycles. The highest BCUT2D eigenvalue weighted by Gasteiger charge is 2.22. The Bertz CT molecular complexity index is 1130. The lowest BCUT2D eigenvalue weighted by Crippen LogP contribution is -2.26. The normalized spacial score (nSPS) is 14.0. The van der Waals surface area contributed by atoms with Crippen molar-refractivity contribution in [3.05, 3.63) is 53.3 Å². The highest BCUT2D eigenvalue weighted by Crippen LogP contribution is 2.40. The second-order valence-electron chi connectivity index (χ2n) is 6.60. The Hall–Kier alpha value is -3.06. The number of anilines is 1. The predicted molar refractivity (Wildman–Crippen MR) is 107 cm³/mol. The second-order valence-corrected chi connectivity index (χ2v) is 7.89. The number of fused-ring (bicyclic) bond motifs is 2. The molecule has 0 amide bonds. The Balaban J connectivity index is 1.58. The minimum absolute atomic E-state index is 0.185. The van der Waals surface area contributed by atoms with E-state index in [0.29, 0.717) is 25.4 Å². The number of H-pyrrole nitrogens is 1. The van der Waals surface area contributed by atoms with Gasteiger partial charge in [0.05, 0.1) is 11.9 Å². The summed E-state index contributed by atoms with van der Waals surface area (Å²) in [6.45, 7) is 3.85. The van der Waals surface area contributed by atoms with Gasteiger partial charge >= 0.3 is 0 Å². The van der Waals surface area contributed by atoms with Crippen molar-refractivity contribution in [3.8, 4) is 21.9 Å². The Morgan fingerprint density at radius 2 is 2.15 bits per heavy atom. The molecule has 0 saturated heterocycles. The van der Waals surface area contributed by atoms with E-state index in [1.54, 1.807) is 23.7 Å². The molecule has 6 nitrogen and oxygen atoms in total. The van der Waals surface area contributed by atoms with Crippen LogP contribution in [0.15, 0.2) is 42.9 Å². The van der Waals surface area contributed by atoms with Crippen LogP contribution in [-0.4, -0.2) is 33.2 Å². The van der Waals surface area contributed by atoms with Gasteiger partial charge in [-0.25, -0.2) is 9.97 Å². The number of hydrogen-bond donors (Lipinski definition) is 2. The topological polar surface area (TPSA) is 74.3 Å². The van der Waals surface area contributed by atoms with Crippen LogP contribution in [0.25, 0.3) is 21.5 Å². The SMILES string of the molecule is Cc1ccc(-c2cc(O)c3c(c2)CN(c2ncnc4[nH]ccc24)CCO3)s1. The van der Waals surface area contributed by atoms with E-state index < -0.39 is 0 Å². The predicted octanol–water partition coefficient (Wildman–Crippen LogP) is 4.10. The summed E-state index contributed by atoms with van der Waals surface area (Å²) >= 11 is 1.72. The number of aromatic nitrogens is 3. The fourth-order valence-electron chi connectivity index (χ4n) is 3.52. The minimum Gasteiger partial charge on any atom is -0.504 e. The fourth-order valence-corrected chi connectivity index (χ4v) is 4.38. The first-order valence-electron chi connectivity index (χ1n) is 8.77. The Morgan fingerprint density at radius 3 is 3.00 bits per heavy atom. The molecule has 3 aromatic heterocycles. The maximum atomic E-state index is 10.6. The summed E-state index contributed by atoms with van der Waals surface area (Å²) < 4.78 is 5.88.